The molecule has 0 fully saturated rings. The van der Waals surface area contributed by atoms with Crippen LogP contribution in [0.25, 0.3) is 0 Å². The second-order valence-electron chi connectivity index (χ2n) is 6.06. The summed E-state index contributed by atoms with van der Waals surface area (Å²) >= 11 is 0. The highest BCUT2D eigenvalue weighted by molar-refractivity contribution is 5.79. The summed E-state index contributed by atoms with van der Waals surface area (Å²) in [6.45, 7) is 10.8. The molecule has 0 aliphatic carbocycles. The molecule has 1 aromatic carbocycles. The van der Waals surface area contributed by atoms with Gasteiger partial charge in [0, 0.05) is 26.7 Å². The average molecular weight is 350 g/mol. The second-order valence-corrected chi connectivity index (χ2v) is 6.06. The quantitative estimate of drug-likeness (QED) is 0.345. The van der Waals surface area contributed by atoms with Crippen LogP contribution in [-0.4, -0.2) is 39.4 Å². The maximum atomic E-state index is 5.63. The van der Waals surface area contributed by atoms with Gasteiger partial charge in [-0.3, -0.25) is 4.99 Å². The van der Waals surface area contributed by atoms with Crippen molar-refractivity contribution < 1.29 is 9.47 Å². The van der Waals surface area contributed by atoms with Gasteiger partial charge in [0.25, 0.3) is 0 Å². The summed E-state index contributed by atoms with van der Waals surface area (Å²) in [5.41, 5.74) is 2.40. The molecule has 0 heterocycles. The SMILES string of the molecule is CCOCCOCc1cccc(CNC(=NC)NCC(CC)CC)c1. The number of ether oxygens (including phenoxy) is 2. The molecule has 0 amide bonds. The Morgan fingerprint density at radius 3 is 2.44 bits per heavy atom. The van der Waals surface area contributed by atoms with Gasteiger partial charge in [-0.05, 0) is 24.0 Å². The Hall–Kier alpha value is -1.59. The number of nitrogens with zero attached hydrogens (tertiary/aromatic N) is 1. The Labute approximate surface area is 153 Å². The summed E-state index contributed by atoms with van der Waals surface area (Å²) in [6, 6.07) is 8.44. The standard InChI is InChI=1S/C20H35N3O2/c1-5-17(6-2)14-22-20(21-4)23-15-18-9-8-10-19(13-18)16-25-12-11-24-7-3/h8-10,13,17H,5-7,11-12,14-16H2,1-4H3,(H2,21,22,23). The number of rotatable bonds is 12. The number of nitrogens with one attached hydrogen (secondary N) is 2. The van der Waals surface area contributed by atoms with Crippen molar-refractivity contribution in [2.75, 3.05) is 33.4 Å². The van der Waals surface area contributed by atoms with Gasteiger partial charge in [0.15, 0.2) is 5.96 Å². The predicted octanol–water partition coefficient (Wildman–Crippen LogP) is 3.34. The highest BCUT2D eigenvalue weighted by Crippen LogP contribution is 2.07. The number of guanidine groups is 1. The molecule has 2 N–H and O–H groups in total. The maximum Gasteiger partial charge on any atom is 0.191 e. The van der Waals surface area contributed by atoms with Crippen molar-refractivity contribution in [3.05, 3.63) is 35.4 Å². The minimum atomic E-state index is 0.614. The fourth-order valence-electron chi connectivity index (χ4n) is 2.51. The molecule has 0 saturated heterocycles. The molecule has 142 valence electrons. The van der Waals surface area contributed by atoms with Gasteiger partial charge < -0.3 is 20.1 Å². The Morgan fingerprint density at radius 1 is 1.04 bits per heavy atom. The van der Waals surface area contributed by atoms with E-state index in [-0.39, 0.29) is 0 Å². The number of hydrogen-bond donors (Lipinski definition) is 2. The molecule has 5 nitrogen and oxygen atoms in total. The third kappa shape index (κ3) is 9.46. The summed E-state index contributed by atoms with van der Waals surface area (Å²) in [6.07, 6.45) is 2.37. The topological polar surface area (TPSA) is 54.9 Å². The molecular weight excluding hydrogens is 314 g/mol. The van der Waals surface area contributed by atoms with Gasteiger partial charge in [-0.2, -0.15) is 0 Å². The maximum absolute atomic E-state index is 5.63. The number of aliphatic imine (C=N–C) groups is 1. The summed E-state index contributed by atoms with van der Waals surface area (Å²) in [5, 5.41) is 6.79. The lowest BCUT2D eigenvalue weighted by Crippen LogP contribution is -2.39. The first kappa shape index (κ1) is 21.5. The van der Waals surface area contributed by atoms with E-state index in [0.29, 0.717) is 25.7 Å². The predicted molar refractivity (Wildman–Crippen MR) is 105 cm³/mol. The molecule has 0 atom stereocenters. The fraction of sp³-hybridized carbons (Fsp3) is 0.650. The van der Waals surface area contributed by atoms with Crippen LogP contribution in [0.15, 0.2) is 29.3 Å². The van der Waals surface area contributed by atoms with E-state index in [0.717, 1.165) is 25.7 Å². The van der Waals surface area contributed by atoms with Crippen molar-refractivity contribution in [2.45, 2.75) is 46.8 Å². The van der Waals surface area contributed by atoms with Crippen LogP contribution in [0.1, 0.15) is 44.7 Å². The number of benzene rings is 1. The Bertz CT molecular complexity index is 488. The smallest absolute Gasteiger partial charge is 0.191 e. The van der Waals surface area contributed by atoms with Crippen LogP contribution in [0.2, 0.25) is 0 Å². The summed E-state index contributed by atoms with van der Waals surface area (Å²) < 4.78 is 10.9. The zero-order chi connectivity index (χ0) is 18.3. The van der Waals surface area contributed by atoms with Crippen molar-refractivity contribution in [1.29, 1.82) is 0 Å². The zero-order valence-electron chi connectivity index (χ0n) is 16.3. The van der Waals surface area contributed by atoms with E-state index in [1.165, 1.54) is 24.0 Å². The lowest BCUT2D eigenvalue weighted by molar-refractivity contribution is 0.0453. The first-order chi connectivity index (χ1) is 12.2. The second kappa shape index (κ2) is 13.7. The number of hydrogen-bond acceptors (Lipinski definition) is 3. The van der Waals surface area contributed by atoms with Gasteiger partial charge in [0.05, 0.1) is 19.8 Å². The molecule has 0 bridgehead atoms. The molecule has 5 heteroatoms. The van der Waals surface area contributed by atoms with Crippen LogP contribution < -0.4 is 10.6 Å². The van der Waals surface area contributed by atoms with Crippen LogP contribution in [0, 0.1) is 5.92 Å². The monoisotopic (exact) mass is 349 g/mol. The Morgan fingerprint density at radius 2 is 1.76 bits per heavy atom. The lowest BCUT2D eigenvalue weighted by atomic mass is 10.0. The van der Waals surface area contributed by atoms with Gasteiger partial charge in [-0.1, -0.05) is 51.0 Å². The van der Waals surface area contributed by atoms with E-state index in [2.05, 4.69) is 53.7 Å². The van der Waals surface area contributed by atoms with Crippen molar-refractivity contribution in [2.24, 2.45) is 10.9 Å². The minimum Gasteiger partial charge on any atom is -0.379 e. The summed E-state index contributed by atoms with van der Waals surface area (Å²) in [7, 11) is 1.81. The average Bonchev–Trinajstić information content (AvgIpc) is 2.65. The van der Waals surface area contributed by atoms with Crippen LogP contribution in [0.5, 0.6) is 0 Å². The van der Waals surface area contributed by atoms with Crippen LogP contribution in [0.4, 0.5) is 0 Å². The molecule has 1 rings (SSSR count). The van der Waals surface area contributed by atoms with Crippen molar-refractivity contribution in [3.8, 4) is 0 Å². The van der Waals surface area contributed by atoms with Gasteiger partial charge in [0.1, 0.15) is 0 Å². The van der Waals surface area contributed by atoms with E-state index in [9.17, 15) is 0 Å². The molecule has 0 spiro atoms. The van der Waals surface area contributed by atoms with Crippen LogP contribution in [0.3, 0.4) is 0 Å². The molecule has 0 radical (unpaired) electrons. The van der Waals surface area contributed by atoms with Gasteiger partial charge >= 0.3 is 0 Å². The normalized spacial score (nSPS) is 11.8. The largest absolute Gasteiger partial charge is 0.379 e. The molecule has 25 heavy (non-hydrogen) atoms. The lowest BCUT2D eigenvalue weighted by Gasteiger charge is -2.17. The van der Waals surface area contributed by atoms with Crippen molar-refractivity contribution in [3.63, 3.8) is 0 Å². The fourth-order valence-corrected chi connectivity index (χ4v) is 2.51. The molecule has 1 aromatic rings. The summed E-state index contributed by atoms with van der Waals surface area (Å²) in [5.74, 6) is 1.54. The zero-order valence-corrected chi connectivity index (χ0v) is 16.3. The highest BCUT2D eigenvalue weighted by atomic mass is 16.5. The first-order valence-electron chi connectivity index (χ1n) is 9.41. The minimum absolute atomic E-state index is 0.614. The van der Waals surface area contributed by atoms with Crippen LogP contribution >= 0.6 is 0 Å². The van der Waals surface area contributed by atoms with Crippen molar-refractivity contribution in [1.82, 2.24) is 10.6 Å². The third-order valence-corrected chi connectivity index (χ3v) is 4.23. The van der Waals surface area contributed by atoms with E-state index >= 15 is 0 Å². The molecule has 0 aliphatic heterocycles. The Balaban J connectivity index is 2.38. The van der Waals surface area contributed by atoms with E-state index in [1.54, 1.807) is 0 Å². The molecule has 0 aliphatic rings. The van der Waals surface area contributed by atoms with Gasteiger partial charge in [-0.15, -0.1) is 0 Å². The van der Waals surface area contributed by atoms with Gasteiger partial charge in [-0.25, -0.2) is 0 Å². The molecule has 0 unspecified atom stereocenters. The van der Waals surface area contributed by atoms with Crippen LogP contribution in [-0.2, 0) is 22.6 Å². The van der Waals surface area contributed by atoms with E-state index in [1.807, 2.05) is 14.0 Å². The van der Waals surface area contributed by atoms with E-state index in [4.69, 9.17) is 9.47 Å². The van der Waals surface area contributed by atoms with Crippen molar-refractivity contribution >= 4 is 5.96 Å². The molecular formula is C20H35N3O2. The highest BCUT2D eigenvalue weighted by Gasteiger charge is 2.05. The van der Waals surface area contributed by atoms with Gasteiger partial charge in [0.2, 0.25) is 0 Å². The molecule has 0 aromatic heterocycles. The summed E-state index contributed by atoms with van der Waals surface area (Å²) in [4.78, 5) is 4.30. The third-order valence-electron chi connectivity index (χ3n) is 4.23. The first-order valence-corrected chi connectivity index (χ1v) is 9.41. The molecule has 0 saturated carbocycles. The Kier molecular flexibility index (Phi) is 11.7. The van der Waals surface area contributed by atoms with E-state index < -0.39 is 0 Å².